The SMILES string of the molecule is C=CCO[C@@H]1CCCN(C[C@@H]2CCCC[C@H]2NC(=O)c2ccc(-n3cccc3)cc2)C1. The molecule has 0 radical (unpaired) electrons. The molecule has 1 amide bonds. The number of nitrogens with zero attached hydrogens (tertiary/aromatic N) is 2. The number of piperidine rings is 1. The van der Waals surface area contributed by atoms with Crippen molar-refractivity contribution >= 4 is 5.91 Å². The van der Waals surface area contributed by atoms with E-state index in [0.717, 1.165) is 43.7 Å². The molecule has 2 fully saturated rings. The van der Waals surface area contributed by atoms with Crippen LogP contribution < -0.4 is 5.32 Å². The normalized spacial score (nSPS) is 24.6. The summed E-state index contributed by atoms with van der Waals surface area (Å²) in [4.78, 5) is 15.5. The topological polar surface area (TPSA) is 46.5 Å². The molecule has 1 aliphatic heterocycles. The molecule has 2 aliphatic rings. The minimum absolute atomic E-state index is 0.0433. The second-order valence-corrected chi connectivity index (χ2v) is 8.91. The molecule has 1 aliphatic carbocycles. The largest absolute Gasteiger partial charge is 0.373 e. The highest BCUT2D eigenvalue weighted by Crippen LogP contribution is 2.27. The van der Waals surface area contributed by atoms with Gasteiger partial charge in [0.15, 0.2) is 0 Å². The van der Waals surface area contributed by atoms with Gasteiger partial charge in [0, 0.05) is 42.8 Å². The smallest absolute Gasteiger partial charge is 0.251 e. The molecule has 1 saturated carbocycles. The molecule has 4 rings (SSSR count). The molecule has 0 spiro atoms. The summed E-state index contributed by atoms with van der Waals surface area (Å²) in [6, 6.07) is 12.1. The Morgan fingerprint density at radius 2 is 1.87 bits per heavy atom. The second-order valence-electron chi connectivity index (χ2n) is 8.91. The van der Waals surface area contributed by atoms with Gasteiger partial charge in [0.25, 0.3) is 5.91 Å². The van der Waals surface area contributed by atoms with Gasteiger partial charge in [-0.05, 0) is 74.5 Å². The summed E-state index contributed by atoms with van der Waals surface area (Å²) in [5.41, 5.74) is 1.80. The van der Waals surface area contributed by atoms with Crippen molar-refractivity contribution in [1.82, 2.24) is 14.8 Å². The molecule has 1 N–H and O–H groups in total. The van der Waals surface area contributed by atoms with Gasteiger partial charge in [-0.15, -0.1) is 6.58 Å². The molecule has 3 atom stereocenters. The number of likely N-dealkylation sites (tertiary alicyclic amines) is 1. The predicted octanol–water partition coefficient (Wildman–Crippen LogP) is 4.43. The number of benzene rings is 1. The fourth-order valence-corrected chi connectivity index (χ4v) is 5.01. The minimum Gasteiger partial charge on any atom is -0.373 e. The van der Waals surface area contributed by atoms with Crippen LogP contribution in [0, 0.1) is 5.92 Å². The van der Waals surface area contributed by atoms with Crippen molar-refractivity contribution in [3.8, 4) is 5.69 Å². The lowest BCUT2D eigenvalue weighted by atomic mass is 9.83. The van der Waals surface area contributed by atoms with Gasteiger partial charge in [-0.25, -0.2) is 0 Å². The van der Waals surface area contributed by atoms with Gasteiger partial charge in [-0.1, -0.05) is 18.9 Å². The van der Waals surface area contributed by atoms with Gasteiger partial charge >= 0.3 is 0 Å². The van der Waals surface area contributed by atoms with Crippen molar-refractivity contribution in [2.75, 3.05) is 26.2 Å². The molecule has 1 aromatic heterocycles. The monoisotopic (exact) mass is 421 g/mol. The summed E-state index contributed by atoms with van der Waals surface area (Å²) in [6.45, 7) is 7.56. The highest BCUT2D eigenvalue weighted by atomic mass is 16.5. The van der Waals surface area contributed by atoms with Gasteiger partial charge in [0.2, 0.25) is 0 Å². The van der Waals surface area contributed by atoms with E-state index in [1.165, 1.54) is 25.7 Å². The van der Waals surface area contributed by atoms with E-state index in [4.69, 9.17) is 4.74 Å². The highest BCUT2D eigenvalue weighted by molar-refractivity contribution is 5.94. The number of rotatable bonds is 8. The number of ether oxygens (including phenoxy) is 1. The van der Waals surface area contributed by atoms with Crippen molar-refractivity contribution in [2.24, 2.45) is 5.92 Å². The average molecular weight is 422 g/mol. The maximum absolute atomic E-state index is 13.0. The molecular formula is C26H35N3O2. The number of carbonyl (C=O) groups excluding carboxylic acids is 1. The molecule has 2 aromatic rings. The van der Waals surface area contributed by atoms with E-state index in [1.54, 1.807) is 0 Å². The lowest BCUT2D eigenvalue weighted by Crippen LogP contribution is -2.49. The van der Waals surface area contributed by atoms with Crippen LogP contribution in [0.3, 0.4) is 0 Å². The molecule has 0 unspecified atom stereocenters. The molecule has 2 heterocycles. The summed E-state index contributed by atoms with van der Waals surface area (Å²) in [5.74, 6) is 0.553. The van der Waals surface area contributed by atoms with Crippen LogP contribution in [0.25, 0.3) is 5.69 Å². The molecule has 166 valence electrons. The van der Waals surface area contributed by atoms with E-state index in [9.17, 15) is 4.79 Å². The number of hydrogen-bond donors (Lipinski definition) is 1. The van der Waals surface area contributed by atoms with E-state index >= 15 is 0 Å². The van der Waals surface area contributed by atoms with Crippen LogP contribution in [0.2, 0.25) is 0 Å². The first-order valence-corrected chi connectivity index (χ1v) is 11.7. The quantitative estimate of drug-likeness (QED) is 0.642. The summed E-state index contributed by atoms with van der Waals surface area (Å²) in [5, 5.41) is 3.36. The van der Waals surface area contributed by atoms with Crippen LogP contribution in [0.1, 0.15) is 48.9 Å². The first-order valence-electron chi connectivity index (χ1n) is 11.7. The number of amides is 1. The molecule has 5 nitrogen and oxygen atoms in total. The van der Waals surface area contributed by atoms with Gasteiger partial charge in [0.1, 0.15) is 0 Å². The Morgan fingerprint density at radius 3 is 2.65 bits per heavy atom. The summed E-state index contributed by atoms with van der Waals surface area (Å²) >= 11 is 0. The third kappa shape index (κ3) is 5.86. The third-order valence-corrected chi connectivity index (χ3v) is 6.66. The minimum atomic E-state index is 0.0433. The van der Waals surface area contributed by atoms with Crippen LogP contribution >= 0.6 is 0 Å². The molecule has 1 aromatic carbocycles. The zero-order valence-electron chi connectivity index (χ0n) is 18.4. The molecule has 1 saturated heterocycles. The lowest BCUT2D eigenvalue weighted by molar-refractivity contribution is 0.00515. The first-order chi connectivity index (χ1) is 15.2. The van der Waals surface area contributed by atoms with Crippen molar-refractivity contribution in [3.05, 3.63) is 67.0 Å². The van der Waals surface area contributed by atoms with E-state index in [1.807, 2.05) is 59.4 Å². The summed E-state index contributed by atoms with van der Waals surface area (Å²) in [7, 11) is 0. The van der Waals surface area contributed by atoms with Crippen LogP contribution in [0.5, 0.6) is 0 Å². The zero-order chi connectivity index (χ0) is 21.5. The fraction of sp³-hybridized carbons (Fsp3) is 0.500. The Morgan fingerprint density at radius 1 is 1.10 bits per heavy atom. The molecule has 31 heavy (non-hydrogen) atoms. The van der Waals surface area contributed by atoms with Gasteiger partial charge in [-0.2, -0.15) is 0 Å². The van der Waals surface area contributed by atoms with Crippen molar-refractivity contribution < 1.29 is 9.53 Å². The highest BCUT2D eigenvalue weighted by Gasteiger charge is 2.30. The van der Waals surface area contributed by atoms with Gasteiger partial charge in [-0.3, -0.25) is 4.79 Å². The maximum Gasteiger partial charge on any atom is 0.251 e. The van der Waals surface area contributed by atoms with Gasteiger partial charge < -0.3 is 19.5 Å². The Balaban J connectivity index is 1.34. The summed E-state index contributed by atoms with van der Waals surface area (Å²) in [6.07, 6.45) is 13.2. The van der Waals surface area contributed by atoms with E-state index in [2.05, 4.69) is 16.8 Å². The Bertz CT molecular complexity index is 831. The third-order valence-electron chi connectivity index (χ3n) is 6.66. The maximum atomic E-state index is 13.0. The van der Waals surface area contributed by atoms with E-state index < -0.39 is 0 Å². The molecular weight excluding hydrogens is 386 g/mol. The van der Waals surface area contributed by atoms with E-state index in [0.29, 0.717) is 18.6 Å². The predicted molar refractivity (Wildman–Crippen MR) is 125 cm³/mol. The standard InChI is InChI=1S/C26H35N3O2/c1-2-18-31-24-9-7-15-28(20-24)19-22-8-3-4-10-25(22)27-26(30)21-11-13-23(14-12-21)29-16-5-6-17-29/h2,5-6,11-14,16-17,22,24-25H,1,3-4,7-10,15,18-20H2,(H,27,30)/t22-,24+,25+/m0/s1. The van der Waals surface area contributed by atoms with Crippen molar-refractivity contribution in [3.63, 3.8) is 0 Å². The van der Waals surface area contributed by atoms with Crippen LogP contribution in [0.4, 0.5) is 0 Å². The number of carbonyl (C=O) groups is 1. The number of nitrogens with one attached hydrogen (secondary N) is 1. The Labute approximate surface area is 186 Å². The Hall–Kier alpha value is -2.37. The van der Waals surface area contributed by atoms with Crippen LogP contribution in [-0.4, -0.2) is 53.8 Å². The number of hydrogen-bond acceptors (Lipinski definition) is 3. The molecule has 0 bridgehead atoms. The summed E-state index contributed by atoms with van der Waals surface area (Å²) < 4.78 is 7.95. The van der Waals surface area contributed by atoms with E-state index in [-0.39, 0.29) is 11.9 Å². The number of aromatic nitrogens is 1. The average Bonchev–Trinajstić information content (AvgIpc) is 3.34. The van der Waals surface area contributed by atoms with Crippen molar-refractivity contribution in [1.29, 1.82) is 0 Å². The van der Waals surface area contributed by atoms with Crippen LogP contribution in [-0.2, 0) is 4.74 Å². The second kappa shape index (κ2) is 10.8. The Kier molecular flexibility index (Phi) is 7.60. The lowest BCUT2D eigenvalue weighted by Gasteiger charge is -2.39. The van der Waals surface area contributed by atoms with Crippen LogP contribution in [0.15, 0.2) is 61.4 Å². The first kappa shape index (κ1) is 21.8. The zero-order valence-corrected chi connectivity index (χ0v) is 18.4. The van der Waals surface area contributed by atoms with Crippen molar-refractivity contribution in [2.45, 2.75) is 50.7 Å². The molecule has 5 heteroatoms. The fourth-order valence-electron chi connectivity index (χ4n) is 5.01. The van der Waals surface area contributed by atoms with Gasteiger partial charge in [0.05, 0.1) is 12.7 Å².